The minimum absolute atomic E-state index is 0.250. The van der Waals surface area contributed by atoms with Crippen LogP contribution in [0.4, 0.5) is 0 Å². The van der Waals surface area contributed by atoms with Crippen LogP contribution in [0.15, 0.2) is 35.3 Å². The van der Waals surface area contributed by atoms with Crippen molar-refractivity contribution >= 4 is 11.9 Å². The molecule has 0 spiro atoms. The van der Waals surface area contributed by atoms with Gasteiger partial charge < -0.3 is 15.8 Å². The molecular weight excluding hydrogens is 206 g/mol. The van der Waals surface area contributed by atoms with E-state index in [1.165, 1.54) is 0 Å². The molecule has 5 nitrogen and oxygen atoms in total. The Morgan fingerprint density at radius 3 is 2.81 bits per heavy atom. The van der Waals surface area contributed by atoms with Gasteiger partial charge in [0.15, 0.2) is 5.96 Å². The van der Waals surface area contributed by atoms with Crippen LogP contribution in [0.2, 0.25) is 0 Å². The number of rotatable bonds is 2. The van der Waals surface area contributed by atoms with Gasteiger partial charge in [-0.3, -0.25) is 0 Å². The molecule has 0 aromatic heterocycles. The molecule has 1 aliphatic rings. The van der Waals surface area contributed by atoms with Crippen molar-refractivity contribution < 1.29 is 9.53 Å². The van der Waals surface area contributed by atoms with Crippen LogP contribution in [-0.2, 0) is 4.74 Å². The van der Waals surface area contributed by atoms with Crippen LogP contribution in [0.3, 0.4) is 0 Å². The van der Waals surface area contributed by atoms with Crippen molar-refractivity contribution in [2.45, 2.75) is 6.10 Å². The van der Waals surface area contributed by atoms with Crippen molar-refractivity contribution in [2.75, 3.05) is 13.1 Å². The van der Waals surface area contributed by atoms with Crippen LogP contribution in [0.25, 0.3) is 0 Å². The number of esters is 1. The largest absolute Gasteiger partial charge is 0.455 e. The van der Waals surface area contributed by atoms with Crippen LogP contribution in [0.1, 0.15) is 10.4 Å². The summed E-state index contributed by atoms with van der Waals surface area (Å²) in [7, 11) is 0. The highest BCUT2D eigenvalue weighted by molar-refractivity contribution is 5.89. The van der Waals surface area contributed by atoms with E-state index < -0.39 is 0 Å². The minimum Gasteiger partial charge on any atom is -0.455 e. The van der Waals surface area contributed by atoms with Crippen molar-refractivity contribution in [3.63, 3.8) is 0 Å². The first-order valence-corrected chi connectivity index (χ1v) is 5.05. The van der Waals surface area contributed by atoms with Gasteiger partial charge in [0.2, 0.25) is 0 Å². The highest BCUT2D eigenvalue weighted by Gasteiger charge is 2.18. The number of hydrogen-bond donors (Lipinski definition) is 2. The molecule has 1 heterocycles. The lowest BCUT2D eigenvalue weighted by Gasteiger charge is -2.21. The van der Waals surface area contributed by atoms with E-state index >= 15 is 0 Å². The van der Waals surface area contributed by atoms with Crippen molar-refractivity contribution in [3.05, 3.63) is 35.9 Å². The second-order valence-corrected chi connectivity index (χ2v) is 3.50. The van der Waals surface area contributed by atoms with E-state index in [1.807, 2.05) is 6.07 Å². The number of ether oxygens (including phenoxy) is 1. The van der Waals surface area contributed by atoms with Crippen molar-refractivity contribution in [1.29, 1.82) is 0 Å². The van der Waals surface area contributed by atoms with Gasteiger partial charge in [-0.2, -0.15) is 0 Å². The van der Waals surface area contributed by atoms with Gasteiger partial charge in [0.1, 0.15) is 6.10 Å². The number of aliphatic imine (C=N–C) groups is 1. The number of nitrogens with two attached hydrogens (primary N) is 1. The summed E-state index contributed by atoms with van der Waals surface area (Å²) in [6, 6.07) is 8.88. The maximum atomic E-state index is 11.7. The van der Waals surface area contributed by atoms with E-state index in [1.54, 1.807) is 24.3 Å². The van der Waals surface area contributed by atoms with Crippen molar-refractivity contribution in [2.24, 2.45) is 10.7 Å². The molecule has 1 unspecified atom stereocenters. The van der Waals surface area contributed by atoms with E-state index in [0.29, 0.717) is 24.6 Å². The molecule has 3 N–H and O–H groups in total. The van der Waals surface area contributed by atoms with E-state index in [-0.39, 0.29) is 12.1 Å². The summed E-state index contributed by atoms with van der Waals surface area (Å²) in [6.45, 7) is 0.922. The molecule has 0 aliphatic carbocycles. The summed E-state index contributed by atoms with van der Waals surface area (Å²) in [5, 5.41) is 2.84. The van der Waals surface area contributed by atoms with Crippen LogP contribution < -0.4 is 11.1 Å². The first kappa shape index (κ1) is 10.5. The summed E-state index contributed by atoms with van der Waals surface area (Å²) < 4.78 is 5.26. The zero-order valence-corrected chi connectivity index (χ0v) is 8.72. The average Bonchev–Trinajstić information content (AvgIpc) is 2.33. The Bertz CT molecular complexity index is 403. The van der Waals surface area contributed by atoms with Gasteiger partial charge in [-0.1, -0.05) is 18.2 Å². The smallest absolute Gasteiger partial charge is 0.338 e. The number of nitrogens with one attached hydrogen (secondary N) is 1. The topological polar surface area (TPSA) is 76.7 Å². The number of guanidine groups is 1. The summed E-state index contributed by atoms with van der Waals surface area (Å²) >= 11 is 0. The third-order valence-electron chi connectivity index (χ3n) is 2.26. The first-order chi connectivity index (χ1) is 7.75. The predicted octanol–water partition coefficient (Wildman–Crippen LogP) is 0.130. The normalized spacial score (nSPS) is 19.5. The molecule has 1 aromatic carbocycles. The van der Waals surface area contributed by atoms with Crippen LogP contribution in [-0.4, -0.2) is 31.1 Å². The van der Waals surface area contributed by atoms with Gasteiger partial charge >= 0.3 is 5.97 Å². The molecule has 0 bridgehead atoms. The zero-order valence-electron chi connectivity index (χ0n) is 8.72. The number of benzene rings is 1. The second kappa shape index (κ2) is 4.65. The van der Waals surface area contributed by atoms with Gasteiger partial charge in [-0.25, -0.2) is 9.79 Å². The Labute approximate surface area is 93.3 Å². The molecule has 1 atom stereocenters. The summed E-state index contributed by atoms with van der Waals surface area (Å²) in [4.78, 5) is 15.6. The van der Waals surface area contributed by atoms with E-state index in [9.17, 15) is 4.79 Å². The molecular formula is C11H13N3O2. The SMILES string of the molecule is NC1=NCC(OC(=O)c2ccccc2)CN1. The Balaban J connectivity index is 1.94. The maximum Gasteiger partial charge on any atom is 0.338 e. The lowest BCUT2D eigenvalue weighted by Crippen LogP contribution is -2.45. The number of carbonyl (C=O) groups excluding carboxylic acids is 1. The molecule has 1 aliphatic heterocycles. The van der Waals surface area contributed by atoms with Gasteiger partial charge in [0.05, 0.1) is 18.7 Å². The van der Waals surface area contributed by atoms with E-state index in [2.05, 4.69) is 10.3 Å². The minimum atomic E-state index is -0.330. The third-order valence-corrected chi connectivity index (χ3v) is 2.26. The fourth-order valence-electron chi connectivity index (χ4n) is 1.41. The van der Waals surface area contributed by atoms with Crippen molar-refractivity contribution in [3.8, 4) is 0 Å². The second-order valence-electron chi connectivity index (χ2n) is 3.50. The fraction of sp³-hybridized carbons (Fsp3) is 0.273. The Kier molecular flexibility index (Phi) is 3.05. The molecule has 1 aromatic rings. The molecule has 16 heavy (non-hydrogen) atoms. The van der Waals surface area contributed by atoms with E-state index in [4.69, 9.17) is 10.5 Å². The highest BCUT2D eigenvalue weighted by atomic mass is 16.5. The standard InChI is InChI=1S/C11H13N3O2/c12-11-13-6-9(7-14-11)16-10(15)8-4-2-1-3-5-8/h1-5,9H,6-7H2,(H3,12,13,14). The highest BCUT2D eigenvalue weighted by Crippen LogP contribution is 2.05. The molecule has 0 saturated carbocycles. The number of carbonyl (C=O) groups is 1. The first-order valence-electron chi connectivity index (χ1n) is 5.05. The maximum absolute atomic E-state index is 11.7. The van der Waals surface area contributed by atoms with Gasteiger partial charge in [-0.05, 0) is 12.1 Å². The molecule has 0 amide bonds. The predicted molar refractivity (Wildman–Crippen MR) is 60.1 cm³/mol. The van der Waals surface area contributed by atoms with E-state index in [0.717, 1.165) is 0 Å². The van der Waals surface area contributed by atoms with Gasteiger partial charge in [0.25, 0.3) is 0 Å². The average molecular weight is 219 g/mol. The van der Waals surface area contributed by atoms with Crippen LogP contribution in [0, 0.1) is 0 Å². The number of hydrogen-bond acceptors (Lipinski definition) is 5. The fourth-order valence-corrected chi connectivity index (χ4v) is 1.41. The Hall–Kier alpha value is -2.04. The Morgan fingerprint density at radius 2 is 2.19 bits per heavy atom. The van der Waals surface area contributed by atoms with Crippen LogP contribution in [0.5, 0.6) is 0 Å². The quantitative estimate of drug-likeness (QED) is 0.693. The third kappa shape index (κ3) is 2.50. The Morgan fingerprint density at radius 1 is 1.44 bits per heavy atom. The molecule has 0 fully saturated rings. The molecule has 2 rings (SSSR count). The molecule has 84 valence electrons. The van der Waals surface area contributed by atoms with Gasteiger partial charge in [-0.15, -0.1) is 0 Å². The lowest BCUT2D eigenvalue weighted by atomic mass is 10.2. The van der Waals surface area contributed by atoms with Crippen LogP contribution >= 0.6 is 0 Å². The monoisotopic (exact) mass is 219 g/mol. The lowest BCUT2D eigenvalue weighted by molar-refractivity contribution is 0.0322. The van der Waals surface area contributed by atoms with Crippen molar-refractivity contribution in [1.82, 2.24) is 5.32 Å². The summed E-state index contributed by atoms with van der Waals surface area (Å²) in [5.41, 5.74) is 5.98. The van der Waals surface area contributed by atoms with Gasteiger partial charge in [0, 0.05) is 0 Å². The summed E-state index contributed by atoms with van der Waals surface area (Å²) in [6.07, 6.45) is -0.250. The summed E-state index contributed by atoms with van der Waals surface area (Å²) in [5.74, 6) is 0.0649. The molecule has 0 radical (unpaired) electrons. The molecule has 5 heteroatoms. The number of nitrogens with zero attached hydrogens (tertiary/aromatic N) is 1. The zero-order chi connectivity index (χ0) is 11.4. The molecule has 0 saturated heterocycles.